The van der Waals surface area contributed by atoms with E-state index < -0.39 is 17.6 Å². The van der Waals surface area contributed by atoms with E-state index in [0.29, 0.717) is 40.6 Å². The van der Waals surface area contributed by atoms with Crippen LogP contribution < -0.4 is 22.5 Å². The van der Waals surface area contributed by atoms with Gasteiger partial charge in [-0.05, 0) is 73.9 Å². The molecule has 1 fully saturated rings. The molecule has 2 amide bonds. The van der Waals surface area contributed by atoms with E-state index in [1.165, 1.54) is 12.1 Å². The number of primary amides is 1. The van der Waals surface area contributed by atoms with Crippen LogP contribution in [0.1, 0.15) is 70.1 Å². The van der Waals surface area contributed by atoms with Crippen LogP contribution in [0.3, 0.4) is 0 Å². The Kier molecular flexibility index (Phi) is 7.49. The second-order valence-electron chi connectivity index (χ2n) is 9.69. The molecule has 1 aliphatic carbocycles. The van der Waals surface area contributed by atoms with Crippen LogP contribution in [0.25, 0.3) is 10.9 Å². The van der Waals surface area contributed by atoms with Crippen molar-refractivity contribution in [1.29, 1.82) is 0 Å². The number of amides is 2. The highest BCUT2D eigenvalue weighted by Crippen LogP contribution is 2.34. The van der Waals surface area contributed by atoms with E-state index in [4.69, 9.17) is 17.2 Å². The van der Waals surface area contributed by atoms with Gasteiger partial charge in [-0.2, -0.15) is 13.2 Å². The van der Waals surface area contributed by atoms with Gasteiger partial charge < -0.3 is 27.1 Å². The van der Waals surface area contributed by atoms with Crippen LogP contribution in [0.2, 0.25) is 0 Å². The molecule has 1 aliphatic rings. The van der Waals surface area contributed by atoms with Crippen molar-refractivity contribution in [3.05, 3.63) is 64.3 Å². The molecule has 10 heteroatoms. The van der Waals surface area contributed by atoms with Crippen molar-refractivity contribution in [2.45, 2.75) is 70.3 Å². The van der Waals surface area contributed by atoms with E-state index in [2.05, 4.69) is 5.32 Å². The second kappa shape index (κ2) is 10.5. The molecule has 0 aliphatic heterocycles. The fraction of sp³-hybridized carbons (Fsp3) is 0.407. The molecule has 1 heterocycles. The number of aromatic nitrogens is 1. The van der Waals surface area contributed by atoms with Crippen molar-refractivity contribution in [2.75, 3.05) is 5.73 Å². The first kappa shape index (κ1) is 26.5. The number of nitrogens with two attached hydrogens (primary N) is 3. The first-order valence-electron chi connectivity index (χ1n) is 12.5. The molecule has 37 heavy (non-hydrogen) atoms. The number of nitrogens with zero attached hydrogens (tertiary/aromatic N) is 1. The molecule has 1 saturated carbocycles. The molecule has 0 saturated heterocycles. The van der Waals surface area contributed by atoms with Gasteiger partial charge in [-0.25, -0.2) is 0 Å². The SMILES string of the molecule is CCc1cc(C(N)=O)cc2c1c(N)c(C(=O)NC1CCC(N)CC1)n2CCc1ccc(C(F)(F)F)cc1. The van der Waals surface area contributed by atoms with Crippen LogP contribution in [0.4, 0.5) is 18.9 Å². The second-order valence-corrected chi connectivity index (χ2v) is 9.69. The third-order valence-corrected chi connectivity index (χ3v) is 7.18. The molecule has 0 spiro atoms. The van der Waals surface area contributed by atoms with Gasteiger partial charge in [0.05, 0.1) is 16.8 Å². The zero-order chi connectivity index (χ0) is 26.9. The van der Waals surface area contributed by atoms with Crippen LogP contribution in [-0.2, 0) is 25.6 Å². The van der Waals surface area contributed by atoms with E-state index in [9.17, 15) is 22.8 Å². The summed E-state index contributed by atoms with van der Waals surface area (Å²) in [5.41, 5.74) is 20.3. The van der Waals surface area contributed by atoms with E-state index in [-0.39, 0.29) is 30.2 Å². The van der Waals surface area contributed by atoms with Crippen LogP contribution in [0, 0.1) is 0 Å². The molecule has 198 valence electrons. The van der Waals surface area contributed by atoms with Crippen LogP contribution >= 0.6 is 0 Å². The Labute approximate surface area is 213 Å². The molecule has 3 aromatic rings. The third-order valence-electron chi connectivity index (χ3n) is 7.18. The minimum Gasteiger partial charge on any atom is -0.396 e. The van der Waals surface area contributed by atoms with Crippen molar-refractivity contribution < 1.29 is 22.8 Å². The normalized spacial score (nSPS) is 18.2. The fourth-order valence-electron chi connectivity index (χ4n) is 5.11. The Morgan fingerprint density at radius 1 is 1.08 bits per heavy atom. The number of hydrogen-bond acceptors (Lipinski definition) is 4. The van der Waals surface area contributed by atoms with Crippen molar-refractivity contribution in [3.63, 3.8) is 0 Å². The largest absolute Gasteiger partial charge is 0.416 e. The Hall–Kier alpha value is -3.53. The number of hydrogen-bond donors (Lipinski definition) is 4. The summed E-state index contributed by atoms with van der Waals surface area (Å²) < 4.78 is 40.7. The number of aryl methyl sites for hydroxylation is 3. The smallest absolute Gasteiger partial charge is 0.396 e. The summed E-state index contributed by atoms with van der Waals surface area (Å²) in [6.45, 7) is 2.19. The number of nitrogens with one attached hydrogen (secondary N) is 1. The molecule has 2 aromatic carbocycles. The average molecular weight is 516 g/mol. The maximum absolute atomic E-state index is 13.5. The van der Waals surface area contributed by atoms with Crippen molar-refractivity contribution >= 4 is 28.4 Å². The lowest BCUT2D eigenvalue weighted by Gasteiger charge is -2.27. The zero-order valence-electron chi connectivity index (χ0n) is 20.7. The van der Waals surface area contributed by atoms with Crippen molar-refractivity contribution in [1.82, 2.24) is 9.88 Å². The molecule has 7 N–H and O–H groups in total. The monoisotopic (exact) mass is 515 g/mol. The number of alkyl halides is 3. The minimum atomic E-state index is -4.42. The van der Waals surface area contributed by atoms with Gasteiger partial charge in [0.2, 0.25) is 5.91 Å². The van der Waals surface area contributed by atoms with Crippen LogP contribution in [0.5, 0.6) is 0 Å². The van der Waals surface area contributed by atoms with Crippen molar-refractivity contribution in [3.8, 4) is 0 Å². The maximum atomic E-state index is 13.5. The van der Waals surface area contributed by atoms with Gasteiger partial charge >= 0.3 is 6.18 Å². The lowest BCUT2D eigenvalue weighted by molar-refractivity contribution is -0.137. The lowest BCUT2D eigenvalue weighted by atomic mass is 9.92. The minimum absolute atomic E-state index is 0.0279. The molecule has 0 atom stereocenters. The summed E-state index contributed by atoms with van der Waals surface area (Å²) in [6, 6.07) is 8.35. The molecule has 0 unspecified atom stereocenters. The van der Waals surface area contributed by atoms with Crippen LogP contribution in [0.15, 0.2) is 36.4 Å². The Morgan fingerprint density at radius 2 is 1.73 bits per heavy atom. The van der Waals surface area contributed by atoms with Crippen LogP contribution in [-0.4, -0.2) is 28.5 Å². The molecule has 7 nitrogen and oxygen atoms in total. The van der Waals surface area contributed by atoms with Gasteiger partial charge in [0.15, 0.2) is 0 Å². The number of anilines is 1. The highest BCUT2D eigenvalue weighted by molar-refractivity contribution is 6.11. The summed E-state index contributed by atoms with van der Waals surface area (Å²) in [4.78, 5) is 25.6. The quantitative estimate of drug-likeness (QED) is 0.377. The van der Waals surface area contributed by atoms with E-state index in [1.807, 2.05) is 6.92 Å². The van der Waals surface area contributed by atoms with E-state index in [0.717, 1.165) is 43.4 Å². The highest BCUT2D eigenvalue weighted by atomic mass is 19.4. The molecule has 4 rings (SSSR count). The van der Waals surface area contributed by atoms with Gasteiger partial charge in [0, 0.05) is 29.6 Å². The van der Waals surface area contributed by atoms with Crippen molar-refractivity contribution in [2.24, 2.45) is 11.5 Å². The molecular formula is C27H32F3N5O2. The Balaban J connectivity index is 1.74. The van der Waals surface area contributed by atoms with E-state index in [1.54, 1.807) is 16.7 Å². The summed E-state index contributed by atoms with van der Waals surface area (Å²) >= 11 is 0. The molecule has 1 aromatic heterocycles. The summed E-state index contributed by atoms with van der Waals surface area (Å²) in [6.07, 6.45) is -0.331. The number of nitrogen functional groups attached to an aromatic ring is 1. The summed E-state index contributed by atoms with van der Waals surface area (Å²) in [5, 5.41) is 3.76. The predicted molar refractivity (Wildman–Crippen MR) is 137 cm³/mol. The number of halogens is 3. The number of carbonyl (C=O) groups is 2. The predicted octanol–water partition coefficient (Wildman–Crippen LogP) is 4.15. The highest BCUT2D eigenvalue weighted by Gasteiger charge is 2.30. The summed E-state index contributed by atoms with van der Waals surface area (Å²) in [5.74, 6) is -0.931. The zero-order valence-corrected chi connectivity index (χ0v) is 20.7. The maximum Gasteiger partial charge on any atom is 0.416 e. The Bertz CT molecular complexity index is 1310. The molecular weight excluding hydrogens is 483 g/mol. The number of benzene rings is 2. The fourth-order valence-corrected chi connectivity index (χ4v) is 5.11. The topological polar surface area (TPSA) is 129 Å². The summed E-state index contributed by atoms with van der Waals surface area (Å²) in [7, 11) is 0. The van der Waals surface area contributed by atoms with Gasteiger partial charge in [0.25, 0.3) is 5.91 Å². The van der Waals surface area contributed by atoms with Gasteiger partial charge in [-0.3, -0.25) is 9.59 Å². The molecule has 0 radical (unpaired) electrons. The first-order chi connectivity index (χ1) is 17.5. The number of rotatable bonds is 7. The Morgan fingerprint density at radius 3 is 2.30 bits per heavy atom. The van der Waals surface area contributed by atoms with Gasteiger partial charge in [-0.1, -0.05) is 19.1 Å². The molecule has 0 bridgehead atoms. The number of fused-ring (bicyclic) bond motifs is 1. The van der Waals surface area contributed by atoms with Gasteiger partial charge in [-0.15, -0.1) is 0 Å². The average Bonchev–Trinajstić information content (AvgIpc) is 3.14. The lowest BCUT2D eigenvalue weighted by Crippen LogP contribution is -2.41. The number of carbonyl (C=O) groups excluding carboxylic acids is 2. The third kappa shape index (κ3) is 5.58. The standard InChI is InChI=1S/C27H32F3N5O2/c1-2-16-13-17(25(33)36)14-21-22(16)23(32)24(26(37)34-20-9-7-19(31)8-10-20)35(21)12-11-15-3-5-18(6-4-15)27(28,29)30/h3-6,13-14,19-20H,2,7-12,31-32H2,1H3,(H2,33,36)(H,34,37). The van der Waals surface area contributed by atoms with Gasteiger partial charge in [0.1, 0.15) is 5.69 Å². The van der Waals surface area contributed by atoms with E-state index >= 15 is 0 Å². The first-order valence-corrected chi connectivity index (χ1v) is 12.5.